The van der Waals surface area contributed by atoms with Gasteiger partial charge in [0.1, 0.15) is 6.04 Å². The SMILES string of the molecule is CCC(C)(C)N(C1CC(=O)N(c2ccc(NC(C)=O)cc2)C1=O)S(=O)(=O)c1ccc(NC(C)=O)cc1. The molecule has 2 aromatic carbocycles. The molecule has 0 bridgehead atoms. The van der Waals surface area contributed by atoms with Crippen molar-refractivity contribution < 1.29 is 27.6 Å². The summed E-state index contributed by atoms with van der Waals surface area (Å²) in [6, 6.07) is 10.6. The van der Waals surface area contributed by atoms with Crippen LogP contribution in [-0.4, -0.2) is 47.9 Å². The molecule has 0 radical (unpaired) electrons. The molecular weight excluding hydrogens is 484 g/mol. The monoisotopic (exact) mass is 514 g/mol. The van der Waals surface area contributed by atoms with Crippen molar-refractivity contribution in [1.82, 2.24) is 4.31 Å². The van der Waals surface area contributed by atoms with Gasteiger partial charge in [-0.3, -0.25) is 19.2 Å². The third kappa shape index (κ3) is 5.47. The van der Waals surface area contributed by atoms with Crippen molar-refractivity contribution in [3.05, 3.63) is 48.5 Å². The number of sulfonamides is 1. The topological polar surface area (TPSA) is 133 Å². The van der Waals surface area contributed by atoms with E-state index in [2.05, 4.69) is 10.6 Å². The number of rotatable bonds is 8. The van der Waals surface area contributed by atoms with Crippen LogP contribution in [0.3, 0.4) is 0 Å². The second kappa shape index (κ2) is 10.2. The number of benzene rings is 2. The molecule has 4 amide bonds. The van der Waals surface area contributed by atoms with E-state index >= 15 is 0 Å². The number of amides is 4. The van der Waals surface area contributed by atoms with Crippen molar-refractivity contribution in [3.63, 3.8) is 0 Å². The molecule has 1 atom stereocenters. The summed E-state index contributed by atoms with van der Waals surface area (Å²) in [6.07, 6.45) is 0.0819. The minimum Gasteiger partial charge on any atom is -0.326 e. The Balaban J connectivity index is 1.98. The number of carbonyl (C=O) groups is 4. The van der Waals surface area contributed by atoms with Gasteiger partial charge in [-0.2, -0.15) is 4.31 Å². The predicted octanol–water partition coefficient (Wildman–Crippen LogP) is 3.11. The Kier molecular flexibility index (Phi) is 7.65. The first-order valence-corrected chi connectivity index (χ1v) is 12.9. The van der Waals surface area contributed by atoms with E-state index in [9.17, 15) is 27.6 Å². The standard InChI is InChI=1S/C25H30N4O6S/c1-6-25(4,5)29(36(34,35)21-13-9-19(10-14-21)27-17(3)31)22-15-23(32)28(24(22)33)20-11-7-18(8-12-20)26-16(2)30/h7-14,22H,6,15H2,1-5H3,(H,26,30)(H,27,31). The third-order valence-electron chi connectivity index (χ3n) is 6.05. The van der Waals surface area contributed by atoms with Gasteiger partial charge < -0.3 is 10.6 Å². The molecule has 2 aromatic rings. The van der Waals surface area contributed by atoms with E-state index in [-0.39, 0.29) is 28.8 Å². The molecule has 1 fully saturated rings. The van der Waals surface area contributed by atoms with Crippen molar-refractivity contribution in [1.29, 1.82) is 0 Å². The summed E-state index contributed by atoms with van der Waals surface area (Å²) >= 11 is 0. The molecule has 1 heterocycles. The lowest BCUT2D eigenvalue weighted by Crippen LogP contribution is -2.55. The van der Waals surface area contributed by atoms with Crippen molar-refractivity contribution in [2.75, 3.05) is 15.5 Å². The zero-order chi connectivity index (χ0) is 26.8. The van der Waals surface area contributed by atoms with Crippen LogP contribution in [0.1, 0.15) is 47.5 Å². The zero-order valence-corrected chi connectivity index (χ0v) is 21.7. The van der Waals surface area contributed by atoms with Gasteiger partial charge in [-0.25, -0.2) is 13.3 Å². The average molecular weight is 515 g/mol. The highest BCUT2D eigenvalue weighted by Crippen LogP contribution is 2.36. The van der Waals surface area contributed by atoms with Crippen LogP contribution < -0.4 is 15.5 Å². The second-order valence-electron chi connectivity index (χ2n) is 9.19. The summed E-state index contributed by atoms with van der Waals surface area (Å²) in [5.41, 5.74) is 0.235. The summed E-state index contributed by atoms with van der Waals surface area (Å²) in [7, 11) is -4.21. The van der Waals surface area contributed by atoms with Gasteiger partial charge in [0.15, 0.2) is 0 Å². The average Bonchev–Trinajstić information content (AvgIpc) is 3.07. The zero-order valence-electron chi connectivity index (χ0n) is 20.9. The highest BCUT2D eigenvalue weighted by molar-refractivity contribution is 7.89. The first kappa shape index (κ1) is 27.0. The number of hydrogen-bond donors (Lipinski definition) is 2. The van der Waals surface area contributed by atoms with E-state index in [0.29, 0.717) is 17.8 Å². The lowest BCUT2D eigenvalue weighted by atomic mass is 10.00. The van der Waals surface area contributed by atoms with Crippen molar-refractivity contribution in [2.45, 2.75) is 63.9 Å². The normalized spacial score (nSPS) is 16.4. The smallest absolute Gasteiger partial charge is 0.252 e. The Morgan fingerprint density at radius 3 is 1.86 bits per heavy atom. The summed E-state index contributed by atoms with van der Waals surface area (Å²) in [6.45, 7) is 7.93. The van der Waals surface area contributed by atoms with Crippen LogP contribution >= 0.6 is 0 Å². The molecule has 0 saturated carbocycles. The number of hydrogen-bond acceptors (Lipinski definition) is 6. The van der Waals surface area contributed by atoms with Crippen LogP contribution in [0.15, 0.2) is 53.4 Å². The van der Waals surface area contributed by atoms with Crippen molar-refractivity contribution in [2.24, 2.45) is 0 Å². The molecule has 1 aliphatic heterocycles. The largest absolute Gasteiger partial charge is 0.326 e. The van der Waals surface area contributed by atoms with E-state index in [1.807, 2.05) is 6.92 Å². The van der Waals surface area contributed by atoms with E-state index in [1.165, 1.54) is 50.2 Å². The lowest BCUT2D eigenvalue weighted by Gasteiger charge is -2.39. The van der Waals surface area contributed by atoms with Gasteiger partial charge in [-0.15, -0.1) is 0 Å². The minimum atomic E-state index is -4.21. The Morgan fingerprint density at radius 2 is 1.42 bits per heavy atom. The molecular formula is C25H30N4O6S. The molecule has 0 aromatic heterocycles. The van der Waals surface area contributed by atoms with Crippen LogP contribution in [0.5, 0.6) is 0 Å². The summed E-state index contributed by atoms with van der Waals surface area (Å²) in [5.74, 6) is -1.72. The number of anilines is 3. The van der Waals surface area contributed by atoms with Gasteiger partial charge in [0.2, 0.25) is 27.7 Å². The maximum atomic E-state index is 13.8. The molecule has 192 valence electrons. The quantitative estimate of drug-likeness (QED) is 0.520. The van der Waals surface area contributed by atoms with E-state index in [4.69, 9.17) is 0 Å². The fraction of sp³-hybridized carbons (Fsp3) is 0.360. The van der Waals surface area contributed by atoms with Gasteiger partial charge in [-0.1, -0.05) is 6.92 Å². The second-order valence-corrected chi connectivity index (χ2v) is 11.0. The first-order valence-electron chi connectivity index (χ1n) is 11.4. The third-order valence-corrected chi connectivity index (χ3v) is 8.18. The van der Waals surface area contributed by atoms with Gasteiger partial charge in [0.05, 0.1) is 17.0 Å². The minimum absolute atomic E-state index is 0.0588. The molecule has 1 aliphatic rings. The fourth-order valence-electron chi connectivity index (χ4n) is 4.07. The van der Waals surface area contributed by atoms with Crippen LogP contribution in [-0.2, 0) is 29.2 Å². The van der Waals surface area contributed by atoms with Crippen LogP contribution in [0.4, 0.5) is 17.1 Å². The molecule has 1 unspecified atom stereocenters. The van der Waals surface area contributed by atoms with Gasteiger partial charge in [-0.05, 0) is 68.8 Å². The number of carbonyl (C=O) groups excluding carboxylic acids is 4. The summed E-state index contributed by atoms with van der Waals surface area (Å²) < 4.78 is 28.8. The Labute approximate surface area is 210 Å². The Bertz CT molecular complexity index is 1290. The summed E-state index contributed by atoms with van der Waals surface area (Å²) in [4.78, 5) is 50.0. The Hall–Kier alpha value is -3.57. The highest BCUT2D eigenvalue weighted by Gasteiger charge is 2.51. The van der Waals surface area contributed by atoms with Gasteiger partial charge in [0, 0.05) is 30.8 Å². The number of nitrogens with one attached hydrogen (secondary N) is 2. The predicted molar refractivity (Wildman–Crippen MR) is 136 cm³/mol. The molecule has 3 rings (SSSR count). The van der Waals surface area contributed by atoms with Crippen molar-refractivity contribution >= 4 is 50.7 Å². The maximum absolute atomic E-state index is 13.8. The summed E-state index contributed by atoms with van der Waals surface area (Å²) in [5, 5.41) is 5.20. The van der Waals surface area contributed by atoms with Crippen LogP contribution in [0.2, 0.25) is 0 Å². The van der Waals surface area contributed by atoms with E-state index in [1.54, 1.807) is 26.0 Å². The maximum Gasteiger partial charge on any atom is 0.252 e. The molecule has 11 heteroatoms. The molecule has 10 nitrogen and oxygen atoms in total. The fourth-order valence-corrected chi connectivity index (χ4v) is 6.05. The number of nitrogens with zero attached hydrogens (tertiary/aromatic N) is 2. The van der Waals surface area contributed by atoms with Gasteiger partial charge >= 0.3 is 0 Å². The van der Waals surface area contributed by atoms with E-state index in [0.717, 1.165) is 9.21 Å². The molecule has 0 spiro atoms. The highest BCUT2D eigenvalue weighted by atomic mass is 32.2. The molecule has 36 heavy (non-hydrogen) atoms. The molecule has 1 saturated heterocycles. The van der Waals surface area contributed by atoms with Crippen LogP contribution in [0.25, 0.3) is 0 Å². The molecule has 2 N–H and O–H groups in total. The molecule has 0 aliphatic carbocycles. The van der Waals surface area contributed by atoms with E-state index < -0.39 is 33.4 Å². The van der Waals surface area contributed by atoms with Crippen LogP contribution in [0, 0.1) is 0 Å². The van der Waals surface area contributed by atoms with Crippen molar-refractivity contribution in [3.8, 4) is 0 Å². The first-order chi connectivity index (χ1) is 16.8. The van der Waals surface area contributed by atoms with Gasteiger partial charge in [0.25, 0.3) is 5.91 Å². The number of imide groups is 1. The lowest BCUT2D eigenvalue weighted by molar-refractivity contribution is -0.123. The Morgan fingerprint density at radius 1 is 0.944 bits per heavy atom.